The molecule has 36 heavy (non-hydrogen) atoms. The van der Waals surface area contributed by atoms with E-state index in [0.717, 1.165) is 27.9 Å². The van der Waals surface area contributed by atoms with E-state index in [9.17, 15) is 14.4 Å². The number of carbonyl (C=O) groups is 1. The number of hydrogen-bond donors (Lipinski definition) is 0. The van der Waals surface area contributed by atoms with Crippen LogP contribution in [0.2, 0.25) is 0 Å². The highest BCUT2D eigenvalue weighted by Gasteiger charge is 2.34. The highest BCUT2D eigenvalue weighted by molar-refractivity contribution is 5.89. The summed E-state index contributed by atoms with van der Waals surface area (Å²) in [7, 11) is 1.61. The Morgan fingerprint density at radius 1 is 1.08 bits per heavy atom. The van der Waals surface area contributed by atoms with Gasteiger partial charge < -0.3 is 18.6 Å². The van der Waals surface area contributed by atoms with Gasteiger partial charge in [-0.05, 0) is 56.4 Å². The van der Waals surface area contributed by atoms with Crippen molar-refractivity contribution in [1.82, 2.24) is 9.13 Å². The molecule has 1 atom stereocenters. The number of aromatic nitrogens is 2. The van der Waals surface area contributed by atoms with E-state index in [1.807, 2.05) is 36.7 Å². The summed E-state index contributed by atoms with van der Waals surface area (Å²) in [6, 6.07) is 9.01. The van der Waals surface area contributed by atoms with Crippen molar-refractivity contribution in [3.63, 3.8) is 0 Å². The second-order valence-electron chi connectivity index (χ2n) is 10.6. The first kappa shape index (κ1) is 25.5. The van der Waals surface area contributed by atoms with E-state index in [1.54, 1.807) is 30.9 Å². The molecule has 1 aliphatic heterocycles. The maximum Gasteiger partial charge on any atom is 0.343 e. The largest absolute Gasteiger partial charge is 0.496 e. The third-order valence-corrected chi connectivity index (χ3v) is 6.83. The molecule has 2 aromatic heterocycles. The Morgan fingerprint density at radius 3 is 2.42 bits per heavy atom. The van der Waals surface area contributed by atoms with Crippen molar-refractivity contribution in [2.45, 2.75) is 60.0 Å². The van der Waals surface area contributed by atoms with Crippen molar-refractivity contribution >= 4 is 5.97 Å². The van der Waals surface area contributed by atoms with Gasteiger partial charge in [0.1, 0.15) is 11.3 Å². The molecule has 0 saturated heterocycles. The molecule has 0 amide bonds. The molecule has 3 heterocycles. The maximum absolute atomic E-state index is 13.0. The number of methoxy groups -OCH3 is 1. The van der Waals surface area contributed by atoms with Crippen LogP contribution in [0.3, 0.4) is 0 Å². The lowest BCUT2D eigenvalue weighted by Gasteiger charge is -2.39. The van der Waals surface area contributed by atoms with Gasteiger partial charge in [-0.3, -0.25) is 9.59 Å². The van der Waals surface area contributed by atoms with Gasteiger partial charge in [0.2, 0.25) is 0 Å². The molecule has 4 rings (SSSR count). The first-order valence-corrected chi connectivity index (χ1v) is 12.3. The summed E-state index contributed by atoms with van der Waals surface area (Å²) in [6.45, 7) is 12.3. The second-order valence-corrected chi connectivity index (χ2v) is 10.6. The molecule has 0 aliphatic carbocycles. The zero-order valence-corrected chi connectivity index (χ0v) is 22.0. The number of pyridine rings is 2. The number of esters is 1. The lowest BCUT2D eigenvalue weighted by molar-refractivity contribution is 0.0523. The minimum atomic E-state index is -0.607. The number of hydrogen-bond acceptors (Lipinski definition) is 5. The zero-order chi connectivity index (χ0) is 26.4. The van der Waals surface area contributed by atoms with Crippen LogP contribution >= 0.6 is 0 Å². The summed E-state index contributed by atoms with van der Waals surface area (Å²) in [5.74, 6) is 0.0369. The van der Waals surface area contributed by atoms with Crippen LogP contribution in [-0.4, -0.2) is 28.8 Å². The Bertz CT molecular complexity index is 1440. The average molecular weight is 491 g/mol. The Balaban J connectivity index is 1.96. The monoisotopic (exact) mass is 490 g/mol. The number of nitrogens with zero attached hydrogens (tertiary/aromatic N) is 2. The number of fused-ring (bicyclic) bond motifs is 3. The summed E-state index contributed by atoms with van der Waals surface area (Å²) < 4.78 is 14.7. The second kappa shape index (κ2) is 9.45. The Morgan fingerprint density at radius 2 is 1.81 bits per heavy atom. The standard InChI is InChI=1S/C29H34N2O5/c1-8-36-28(34)22-16-31-23(14-24(22)32)20-13-25(35-7)21(11-19(20)12-26(31)29(4,5)6)18-9-10-27(33)30(15-18)17(2)3/h9-11,13-17,26H,8,12H2,1-7H3. The Hall–Kier alpha value is -3.61. The van der Waals surface area contributed by atoms with Crippen LogP contribution in [0.5, 0.6) is 5.75 Å². The average Bonchev–Trinajstić information content (AvgIpc) is 2.82. The summed E-state index contributed by atoms with van der Waals surface area (Å²) in [5.41, 5.74) is 3.95. The molecule has 0 spiro atoms. The SMILES string of the molecule is CCOC(=O)c1cn2c(cc1=O)-c1cc(OC)c(-c3ccc(=O)n(C(C)C)c3)cc1CC2C(C)(C)C. The molecule has 1 aromatic carbocycles. The first-order valence-electron chi connectivity index (χ1n) is 12.3. The van der Waals surface area contributed by atoms with Crippen LogP contribution in [0.4, 0.5) is 0 Å². The van der Waals surface area contributed by atoms with Crippen LogP contribution in [0, 0.1) is 5.41 Å². The fourth-order valence-electron chi connectivity index (χ4n) is 4.91. The quantitative estimate of drug-likeness (QED) is 0.456. The molecular weight excluding hydrogens is 456 g/mol. The Kier molecular flexibility index (Phi) is 6.69. The molecule has 0 fully saturated rings. The third-order valence-electron chi connectivity index (χ3n) is 6.83. The summed E-state index contributed by atoms with van der Waals surface area (Å²) in [4.78, 5) is 37.8. The van der Waals surface area contributed by atoms with Gasteiger partial charge in [0.25, 0.3) is 5.56 Å². The van der Waals surface area contributed by atoms with E-state index in [4.69, 9.17) is 9.47 Å². The topological polar surface area (TPSA) is 79.5 Å². The fourth-order valence-corrected chi connectivity index (χ4v) is 4.91. The van der Waals surface area contributed by atoms with Crippen LogP contribution in [0.1, 0.15) is 69.5 Å². The smallest absolute Gasteiger partial charge is 0.343 e. The van der Waals surface area contributed by atoms with E-state index in [0.29, 0.717) is 12.2 Å². The van der Waals surface area contributed by atoms with E-state index in [2.05, 4.69) is 26.8 Å². The number of benzene rings is 1. The Labute approximate surface area is 211 Å². The molecule has 190 valence electrons. The van der Waals surface area contributed by atoms with Crippen molar-refractivity contribution in [3.05, 3.63) is 74.4 Å². The van der Waals surface area contributed by atoms with Crippen LogP contribution in [0.25, 0.3) is 22.4 Å². The van der Waals surface area contributed by atoms with E-state index in [1.165, 1.54) is 6.07 Å². The predicted molar refractivity (Wildman–Crippen MR) is 141 cm³/mol. The molecule has 0 N–H and O–H groups in total. The van der Waals surface area contributed by atoms with Gasteiger partial charge in [0, 0.05) is 53.3 Å². The molecule has 3 aromatic rings. The molecule has 0 saturated carbocycles. The minimum absolute atomic E-state index is 0.000334. The van der Waals surface area contributed by atoms with Crippen molar-refractivity contribution in [1.29, 1.82) is 0 Å². The van der Waals surface area contributed by atoms with Gasteiger partial charge in [-0.15, -0.1) is 0 Å². The number of ether oxygens (including phenoxy) is 2. The molecule has 0 bridgehead atoms. The normalized spacial score (nSPS) is 14.8. The van der Waals surface area contributed by atoms with Gasteiger partial charge in [-0.2, -0.15) is 0 Å². The third kappa shape index (κ3) is 4.50. The highest BCUT2D eigenvalue weighted by atomic mass is 16.5. The first-order chi connectivity index (χ1) is 17.0. The van der Waals surface area contributed by atoms with E-state index >= 15 is 0 Å². The number of carbonyl (C=O) groups excluding carboxylic acids is 1. The van der Waals surface area contributed by atoms with Crippen molar-refractivity contribution in [3.8, 4) is 28.1 Å². The summed E-state index contributed by atoms with van der Waals surface area (Å²) in [5, 5.41) is 0. The molecular formula is C29H34N2O5. The molecule has 0 radical (unpaired) electrons. The van der Waals surface area contributed by atoms with Gasteiger partial charge in [0.15, 0.2) is 5.43 Å². The van der Waals surface area contributed by atoms with Gasteiger partial charge in [-0.1, -0.05) is 20.8 Å². The molecule has 7 nitrogen and oxygen atoms in total. The van der Waals surface area contributed by atoms with E-state index < -0.39 is 5.97 Å². The van der Waals surface area contributed by atoms with Crippen LogP contribution in [0.15, 0.2) is 52.3 Å². The van der Waals surface area contributed by atoms with Crippen LogP contribution < -0.4 is 15.7 Å². The van der Waals surface area contributed by atoms with Gasteiger partial charge in [0.05, 0.1) is 19.4 Å². The lowest BCUT2D eigenvalue weighted by atomic mass is 9.78. The van der Waals surface area contributed by atoms with Gasteiger partial charge in [-0.25, -0.2) is 4.79 Å². The fraction of sp³-hybridized carbons (Fsp3) is 0.414. The van der Waals surface area contributed by atoms with Crippen molar-refractivity contribution < 1.29 is 14.3 Å². The highest BCUT2D eigenvalue weighted by Crippen LogP contribution is 2.45. The van der Waals surface area contributed by atoms with Crippen LogP contribution in [-0.2, 0) is 11.2 Å². The van der Waals surface area contributed by atoms with E-state index in [-0.39, 0.29) is 40.7 Å². The lowest BCUT2D eigenvalue weighted by Crippen LogP contribution is -2.33. The van der Waals surface area contributed by atoms with Crippen molar-refractivity contribution in [2.24, 2.45) is 5.41 Å². The maximum atomic E-state index is 13.0. The zero-order valence-electron chi connectivity index (χ0n) is 22.0. The molecule has 7 heteroatoms. The molecule has 1 aliphatic rings. The summed E-state index contributed by atoms with van der Waals surface area (Å²) in [6.07, 6.45) is 4.22. The van der Waals surface area contributed by atoms with Crippen molar-refractivity contribution in [2.75, 3.05) is 13.7 Å². The van der Waals surface area contributed by atoms with Gasteiger partial charge >= 0.3 is 5.97 Å². The number of rotatable bonds is 5. The summed E-state index contributed by atoms with van der Waals surface area (Å²) >= 11 is 0. The minimum Gasteiger partial charge on any atom is -0.496 e. The molecule has 1 unspecified atom stereocenters. The predicted octanol–water partition coefficient (Wildman–Crippen LogP) is 5.25.